The molecular weight excluding hydrogens is 287 g/mol. The Hall–Kier alpha value is -1.33. The van der Waals surface area contributed by atoms with Crippen LogP contribution in [0.4, 0.5) is 0 Å². The van der Waals surface area contributed by atoms with Gasteiger partial charge in [0.15, 0.2) is 5.65 Å². The summed E-state index contributed by atoms with van der Waals surface area (Å²) in [5.41, 5.74) is 1.43. The van der Waals surface area contributed by atoms with E-state index in [1.54, 1.807) is 12.3 Å². The van der Waals surface area contributed by atoms with E-state index in [1.807, 2.05) is 11.5 Å². The highest BCUT2D eigenvalue weighted by molar-refractivity contribution is 6.31. The normalized spacial score (nSPS) is 12.6. The molecule has 0 saturated heterocycles. The summed E-state index contributed by atoms with van der Waals surface area (Å²) in [7, 11) is 0. The molecule has 1 amide bonds. The number of imidazole rings is 1. The Balaban J connectivity index is 2.37. The Morgan fingerprint density at radius 3 is 2.95 bits per heavy atom. The van der Waals surface area contributed by atoms with Gasteiger partial charge in [-0.15, -0.1) is 11.6 Å². The van der Waals surface area contributed by atoms with Crippen LogP contribution in [0, 0.1) is 0 Å². The fourth-order valence-electron chi connectivity index (χ4n) is 1.87. The molecule has 1 unspecified atom stereocenters. The van der Waals surface area contributed by atoms with E-state index in [4.69, 9.17) is 23.2 Å². The first-order chi connectivity index (χ1) is 8.99. The molecule has 0 aliphatic heterocycles. The standard InChI is InChI=1S/C12H14Cl2N4O/c1-7(13)11-17-10-5-9(14)6-16-12(10)18(11)4-3-15-8(2)19/h5-7H,3-4H2,1-2H3,(H,15,19). The fraction of sp³-hybridized carbons (Fsp3) is 0.417. The summed E-state index contributed by atoms with van der Waals surface area (Å²) >= 11 is 12.0. The Kier molecular flexibility index (Phi) is 4.27. The third kappa shape index (κ3) is 3.16. The molecule has 0 fully saturated rings. The van der Waals surface area contributed by atoms with Gasteiger partial charge >= 0.3 is 0 Å². The van der Waals surface area contributed by atoms with Gasteiger partial charge in [0.1, 0.15) is 11.3 Å². The lowest BCUT2D eigenvalue weighted by Crippen LogP contribution is -2.25. The number of halogens is 2. The van der Waals surface area contributed by atoms with Crippen molar-refractivity contribution in [1.29, 1.82) is 0 Å². The van der Waals surface area contributed by atoms with Crippen LogP contribution in [0.3, 0.4) is 0 Å². The minimum absolute atomic E-state index is 0.0686. The number of nitrogens with zero attached hydrogens (tertiary/aromatic N) is 3. The van der Waals surface area contributed by atoms with Crippen molar-refractivity contribution in [2.45, 2.75) is 25.8 Å². The number of alkyl halides is 1. The van der Waals surface area contributed by atoms with Crippen molar-refractivity contribution in [2.75, 3.05) is 6.54 Å². The maximum Gasteiger partial charge on any atom is 0.216 e. The molecule has 5 nitrogen and oxygen atoms in total. The van der Waals surface area contributed by atoms with Gasteiger partial charge in [-0.25, -0.2) is 9.97 Å². The molecule has 19 heavy (non-hydrogen) atoms. The van der Waals surface area contributed by atoms with E-state index in [2.05, 4.69) is 15.3 Å². The molecule has 7 heteroatoms. The van der Waals surface area contributed by atoms with Gasteiger partial charge in [0.05, 0.1) is 10.4 Å². The summed E-state index contributed by atoms with van der Waals surface area (Å²) in [4.78, 5) is 19.6. The second kappa shape index (κ2) is 5.75. The quantitative estimate of drug-likeness (QED) is 0.883. The lowest BCUT2D eigenvalue weighted by Gasteiger charge is -2.10. The number of pyridine rings is 1. The highest BCUT2D eigenvalue weighted by atomic mass is 35.5. The predicted molar refractivity (Wildman–Crippen MR) is 75.5 cm³/mol. The molecule has 0 saturated carbocycles. The van der Waals surface area contributed by atoms with Gasteiger partial charge in [-0.1, -0.05) is 11.6 Å². The minimum atomic E-state index is -0.245. The molecule has 2 aromatic heterocycles. The van der Waals surface area contributed by atoms with Crippen molar-refractivity contribution in [1.82, 2.24) is 19.9 Å². The van der Waals surface area contributed by atoms with Crippen LogP contribution in [0.5, 0.6) is 0 Å². The second-order valence-corrected chi connectivity index (χ2v) is 5.31. The Labute approximate surface area is 120 Å². The summed E-state index contributed by atoms with van der Waals surface area (Å²) in [5.74, 6) is 0.651. The number of hydrogen-bond donors (Lipinski definition) is 1. The third-order valence-electron chi connectivity index (χ3n) is 2.65. The Morgan fingerprint density at radius 2 is 2.32 bits per heavy atom. The van der Waals surface area contributed by atoms with Crippen LogP contribution in [-0.2, 0) is 11.3 Å². The molecule has 102 valence electrons. The van der Waals surface area contributed by atoms with E-state index >= 15 is 0 Å². The van der Waals surface area contributed by atoms with Gasteiger partial charge in [0.2, 0.25) is 5.91 Å². The Morgan fingerprint density at radius 1 is 1.58 bits per heavy atom. The zero-order valence-electron chi connectivity index (χ0n) is 10.7. The highest BCUT2D eigenvalue weighted by Crippen LogP contribution is 2.24. The second-order valence-electron chi connectivity index (χ2n) is 4.22. The van der Waals surface area contributed by atoms with Crippen LogP contribution in [-0.4, -0.2) is 27.0 Å². The van der Waals surface area contributed by atoms with E-state index < -0.39 is 0 Å². The SMILES string of the molecule is CC(=O)NCCn1c(C(C)Cl)nc2cc(Cl)cnc21. The van der Waals surface area contributed by atoms with Crippen LogP contribution in [0.1, 0.15) is 25.0 Å². The number of aromatic nitrogens is 3. The van der Waals surface area contributed by atoms with Gasteiger partial charge in [-0.2, -0.15) is 0 Å². The number of carbonyl (C=O) groups is 1. The van der Waals surface area contributed by atoms with Crippen molar-refractivity contribution >= 4 is 40.3 Å². The first-order valence-electron chi connectivity index (χ1n) is 5.89. The molecular formula is C12H14Cl2N4O. The molecule has 0 aromatic carbocycles. The predicted octanol–water partition coefficient (Wildman–Crippen LogP) is 2.52. The van der Waals surface area contributed by atoms with Gasteiger partial charge < -0.3 is 9.88 Å². The summed E-state index contributed by atoms with van der Waals surface area (Å²) in [5, 5.41) is 3.03. The topological polar surface area (TPSA) is 59.8 Å². The number of rotatable bonds is 4. The van der Waals surface area contributed by atoms with Crippen LogP contribution in [0.2, 0.25) is 5.02 Å². The summed E-state index contributed by atoms with van der Waals surface area (Å²) in [6, 6.07) is 1.75. The molecule has 1 N–H and O–H groups in total. The van der Waals surface area contributed by atoms with E-state index in [0.717, 1.165) is 11.5 Å². The first kappa shape index (κ1) is 14.1. The fourth-order valence-corrected chi connectivity index (χ4v) is 2.19. The van der Waals surface area contributed by atoms with E-state index in [-0.39, 0.29) is 11.3 Å². The molecule has 0 aliphatic rings. The van der Waals surface area contributed by atoms with Crippen LogP contribution < -0.4 is 5.32 Å². The van der Waals surface area contributed by atoms with Gasteiger partial charge in [-0.05, 0) is 13.0 Å². The molecule has 0 bridgehead atoms. The summed E-state index contributed by atoms with van der Waals surface area (Å²) < 4.78 is 1.90. The number of amides is 1. The largest absolute Gasteiger partial charge is 0.355 e. The summed E-state index contributed by atoms with van der Waals surface area (Å²) in [6.07, 6.45) is 1.57. The monoisotopic (exact) mass is 300 g/mol. The minimum Gasteiger partial charge on any atom is -0.355 e. The molecule has 0 spiro atoms. The maximum atomic E-state index is 10.9. The number of carbonyl (C=O) groups excluding carboxylic acids is 1. The third-order valence-corrected chi connectivity index (χ3v) is 3.05. The first-order valence-corrected chi connectivity index (χ1v) is 6.70. The molecule has 2 aromatic rings. The lowest BCUT2D eigenvalue weighted by atomic mass is 10.4. The molecule has 0 aliphatic carbocycles. The van der Waals surface area contributed by atoms with Crippen molar-refractivity contribution in [3.8, 4) is 0 Å². The van der Waals surface area contributed by atoms with Crippen LogP contribution in [0.15, 0.2) is 12.3 Å². The van der Waals surface area contributed by atoms with E-state index in [9.17, 15) is 4.79 Å². The molecule has 0 radical (unpaired) electrons. The van der Waals surface area contributed by atoms with Gasteiger partial charge in [-0.3, -0.25) is 4.79 Å². The lowest BCUT2D eigenvalue weighted by molar-refractivity contribution is -0.118. The highest BCUT2D eigenvalue weighted by Gasteiger charge is 2.15. The van der Waals surface area contributed by atoms with Gasteiger partial charge in [0.25, 0.3) is 0 Å². The summed E-state index contributed by atoms with van der Waals surface area (Å²) in [6.45, 7) is 4.40. The number of nitrogens with one attached hydrogen (secondary N) is 1. The average molecular weight is 301 g/mol. The molecule has 2 heterocycles. The molecule has 2 rings (SSSR count). The molecule has 1 atom stereocenters. The smallest absolute Gasteiger partial charge is 0.216 e. The maximum absolute atomic E-state index is 10.9. The van der Waals surface area contributed by atoms with Crippen molar-refractivity contribution in [3.05, 3.63) is 23.1 Å². The van der Waals surface area contributed by atoms with Crippen LogP contribution >= 0.6 is 23.2 Å². The average Bonchev–Trinajstić information content (AvgIpc) is 2.67. The van der Waals surface area contributed by atoms with Crippen molar-refractivity contribution in [2.24, 2.45) is 0 Å². The van der Waals surface area contributed by atoms with E-state index in [0.29, 0.717) is 23.6 Å². The van der Waals surface area contributed by atoms with Crippen molar-refractivity contribution < 1.29 is 4.79 Å². The zero-order valence-corrected chi connectivity index (χ0v) is 12.2. The zero-order chi connectivity index (χ0) is 14.0. The van der Waals surface area contributed by atoms with Gasteiger partial charge in [0, 0.05) is 26.2 Å². The van der Waals surface area contributed by atoms with Crippen LogP contribution in [0.25, 0.3) is 11.2 Å². The number of hydrogen-bond acceptors (Lipinski definition) is 3. The van der Waals surface area contributed by atoms with E-state index in [1.165, 1.54) is 6.92 Å². The van der Waals surface area contributed by atoms with Crippen molar-refractivity contribution in [3.63, 3.8) is 0 Å². The Bertz CT molecular complexity index is 609. The number of fused-ring (bicyclic) bond motifs is 1.